The van der Waals surface area contributed by atoms with E-state index in [1.54, 1.807) is 0 Å². The molecule has 636 valence electrons. The lowest BCUT2D eigenvalue weighted by molar-refractivity contribution is -0.390. The molecule has 0 bridgehead atoms. The zero-order chi connectivity index (χ0) is 80.5. The van der Waals surface area contributed by atoms with E-state index in [2.05, 4.69) is 111 Å². The van der Waals surface area contributed by atoms with E-state index in [4.69, 9.17) is 42.6 Å². The number of carbonyl (C=O) groups excluding carboxylic acids is 2. The molecule has 115 heavy (non-hydrogen) atoms. The molecule has 13 nitrogen and oxygen atoms in total. The van der Waals surface area contributed by atoms with Crippen molar-refractivity contribution in [2.24, 2.45) is 11.8 Å². The minimum atomic E-state index is -1.24. The van der Waals surface area contributed by atoms with E-state index in [0.717, 1.165) is 110 Å². The van der Waals surface area contributed by atoms with Gasteiger partial charge >= 0.3 is 0 Å². The summed E-state index contributed by atoms with van der Waals surface area (Å²) in [5, 5.41) is 7.06. The topological polar surface area (TPSA) is 141 Å². The van der Waals surface area contributed by atoms with Crippen LogP contribution in [0.5, 0.6) is 0 Å². The predicted octanol–water partition coefficient (Wildman–Crippen LogP) is 25.1. The fraction of sp³-hybridized carbons (Fsp3) is 0.627. The Morgan fingerprint density at radius 1 is 0.261 bits per heavy atom. The number of amides is 2. The van der Waals surface area contributed by atoms with Crippen LogP contribution in [0.1, 0.15) is 318 Å². The van der Waals surface area contributed by atoms with Gasteiger partial charge in [0.2, 0.25) is 11.8 Å². The van der Waals surface area contributed by atoms with Crippen molar-refractivity contribution in [2.45, 2.75) is 386 Å². The number of unbranched alkanes of at least 4 members (excludes halogenated alkanes) is 32. The highest BCUT2D eigenvalue weighted by Gasteiger charge is 2.54. The van der Waals surface area contributed by atoms with E-state index in [9.17, 15) is 0 Å². The largest absolute Gasteiger partial charge is 0.368 e. The number of rotatable bonds is 66. The molecule has 2 aliphatic heterocycles. The van der Waals surface area contributed by atoms with Crippen molar-refractivity contribution in [3.63, 3.8) is 0 Å². The standard InChI is InChI=1S/C102H152N2O11/c1-5-9-13-17-21-25-29-33-55-71-89(72-56-34-30-26-22-18-14-10-6-2)99(105)103-75-91-93(107-77-83-59-43-37-44-60-83)95(109-79-85-63-47-39-48-64-85)97(111-81-87-67-51-41-52-68-87)101(113-91)115-102-98(112-82-88-69-53-42-54-70-88)96(110-80-86-65-49-40-50-66-86)94(108-78-84-61-45-38-46-62-84)92(114-102)76-104-100(106)90(73-57-35-31-27-23-19-15-11-7-3)74-58-36-32-28-24-20-16-12-8-4/h37-54,59-70,89-98,101-102H,5-36,55-58,71-82H2,1-4H3,(H,103,105)(H,104,106)/t91?,92?,93-,94-,95-,96-,97?,98?,101-,102+/m1/s1. The summed E-state index contributed by atoms with van der Waals surface area (Å²) in [4.78, 5) is 30.8. The van der Waals surface area contributed by atoms with Gasteiger partial charge in [0.25, 0.3) is 0 Å². The molecule has 0 saturated carbocycles. The third-order valence-corrected chi connectivity index (χ3v) is 23.5. The Bertz CT molecular complexity index is 3040. The number of ether oxygens (including phenoxy) is 9. The highest BCUT2D eigenvalue weighted by molar-refractivity contribution is 5.79. The lowest BCUT2D eigenvalue weighted by Gasteiger charge is -2.50. The van der Waals surface area contributed by atoms with Crippen LogP contribution in [0, 0.1) is 11.8 Å². The van der Waals surface area contributed by atoms with Crippen LogP contribution in [0.25, 0.3) is 0 Å². The van der Waals surface area contributed by atoms with Gasteiger partial charge in [-0.3, -0.25) is 9.59 Å². The summed E-state index contributed by atoms with van der Waals surface area (Å²) in [5.41, 5.74) is 5.78. The summed E-state index contributed by atoms with van der Waals surface area (Å²) in [5.74, 6) is -0.267. The molecule has 2 saturated heterocycles. The van der Waals surface area contributed by atoms with Gasteiger partial charge in [0.05, 0.1) is 39.6 Å². The van der Waals surface area contributed by atoms with Gasteiger partial charge in [-0.25, -0.2) is 0 Å². The van der Waals surface area contributed by atoms with Gasteiger partial charge in [-0.1, -0.05) is 441 Å². The van der Waals surface area contributed by atoms with Gasteiger partial charge in [-0.15, -0.1) is 0 Å². The number of benzene rings is 6. The van der Waals surface area contributed by atoms with Gasteiger partial charge in [-0.2, -0.15) is 0 Å². The molecule has 2 amide bonds. The van der Waals surface area contributed by atoms with Crippen molar-refractivity contribution in [2.75, 3.05) is 13.1 Å². The molecule has 2 fully saturated rings. The first-order valence-corrected chi connectivity index (χ1v) is 46.3. The summed E-state index contributed by atoms with van der Waals surface area (Å²) < 4.78 is 67.0. The molecular formula is C102H152N2O11. The highest BCUT2D eigenvalue weighted by Crippen LogP contribution is 2.38. The molecule has 13 heteroatoms. The second-order valence-corrected chi connectivity index (χ2v) is 33.1. The first kappa shape index (κ1) is 94.4. The quantitative estimate of drug-likeness (QED) is 0.0353. The smallest absolute Gasteiger partial charge is 0.223 e. The van der Waals surface area contributed by atoms with Crippen molar-refractivity contribution in [1.82, 2.24) is 10.6 Å². The molecule has 0 spiro atoms. The lowest BCUT2D eigenvalue weighted by atomic mass is 9.92. The van der Waals surface area contributed by atoms with Gasteiger partial charge < -0.3 is 53.3 Å². The van der Waals surface area contributed by atoms with E-state index >= 15 is 9.59 Å². The highest BCUT2D eigenvalue weighted by atomic mass is 16.8. The Balaban J connectivity index is 1.18. The minimum Gasteiger partial charge on any atom is -0.368 e. The van der Waals surface area contributed by atoms with Crippen LogP contribution in [0.3, 0.4) is 0 Å². The summed E-state index contributed by atoms with van der Waals surface area (Å²) >= 11 is 0. The van der Waals surface area contributed by atoms with Crippen molar-refractivity contribution in [3.05, 3.63) is 215 Å². The number of hydrogen-bond acceptors (Lipinski definition) is 11. The third-order valence-electron chi connectivity index (χ3n) is 23.5. The van der Waals surface area contributed by atoms with Crippen LogP contribution in [-0.2, 0) is 91.9 Å². The molecule has 4 unspecified atom stereocenters. The van der Waals surface area contributed by atoms with Gasteiger partial charge in [0.1, 0.15) is 48.8 Å². The molecule has 0 aromatic heterocycles. The van der Waals surface area contributed by atoms with E-state index in [1.807, 2.05) is 109 Å². The van der Waals surface area contributed by atoms with Crippen LogP contribution < -0.4 is 10.6 Å². The van der Waals surface area contributed by atoms with Crippen LogP contribution in [0.4, 0.5) is 0 Å². The van der Waals surface area contributed by atoms with E-state index in [-0.39, 0.29) is 76.4 Å². The summed E-state index contributed by atoms with van der Waals surface area (Å²) in [6.07, 6.45) is 37.8. The molecule has 2 N–H and O–H groups in total. The maximum Gasteiger partial charge on any atom is 0.223 e. The first-order chi connectivity index (χ1) is 56.8. The second-order valence-electron chi connectivity index (χ2n) is 33.1. The van der Waals surface area contributed by atoms with Crippen molar-refractivity contribution >= 4 is 11.8 Å². The Labute approximate surface area is 696 Å². The number of nitrogens with one attached hydrogen (secondary N) is 2. The van der Waals surface area contributed by atoms with Gasteiger partial charge in [-0.05, 0) is 59.1 Å². The van der Waals surface area contributed by atoms with Crippen LogP contribution >= 0.6 is 0 Å². The summed E-state index contributed by atoms with van der Waals surface area (Å²) in [6, 6.07) is 61.1. The molecule has 2 aliphatic rings. The molecule has 6 aromatic rings. The Hall–Kier alpha value is -6.10. The number of hydrogen-bond donors (Lipinski definition) is 2. The zero-order valence-corrected chi connectivity index (χ0v) is 71.7. The first-order valence-electron chi connectivity index (χ1n) is 46.3. The predicted molar refractivity (Wildman–Crippen MR) is 469 cm³/mol. The number of carbonyl (C=O) groups is 2. The SMILES string of the molecule is CCCCCCCCCCCC(CCCCCCCCCCC)C(=O)NCC1O[C@H](O[C@@H]2OC(CNC(=O)C(CCCCCCCCCCC)CCCCCCCCCCC)[C@@H](OCc3ccccc3)[C@@H](OCc3ccccc3)C2OCc2ccccc2)C(OCc2ccccc2)[C@H](OCc2ccccc2)[C@@H]1OCc1ccccc1. The van der Waals surface area contributed by atoms with Crippen molar-refractivity contribution in [3.8, 4) is 0 Å². The molecule has 0 aliphatic carbocycles. The Morgan fingerprint density at radius 2 is 0.452 bits per heavy atom. The van der Waals surface area contributed by atoms with Crippen LogP contribution in [-0.4, -0.2) is 86.3 Å². The molecular weight excluding hydrogens is 1430 g/mol. The lowest BCUT2D eigenvalue weighted by Crippen LogP contribution is -2.67. The molecule has 8 rings (SSSR count). The maximum atomic E-state index is 15.4. The Morgan fingerprint density at radius 3 is 0.670 bits per heavy atom. The normalized spacial score (nSPS) is 19.6. The average Bonchev–Trinajstić information content (AvgIpc) is 0.768. The molecule has 2 heterocycles. The van der Waals surface area contributed by atoms with Gasteiger partial charge in [0, 0.05) is 24.9 Å². The van der Waals surface area contributed by atoms with Crippen molar-refractivity contribution < 1.29 is 52.2 Å². The molecule has 0 radical (unpaired) electrons. The molecule has 10 atom stereocenters. The van der Waals surface area contributed by atoms with E-state index < -0.39 is 61.4 Å². The summed E-state index contributed by atoms with van der Waals surface area (Å²) in [7, 11) is 0. The van der Waals surface area contributed by atoms with Crippen LogP contribution in [0.15, 0.2) is 182 Å². The monoisotopic (exact) mass is 1580 g/mol. The fourth-order valence-electron chi connectivity index (χ4n) is 16.5. The van der Waals surface area contributed by atoms with E-state index in [1.165, 1.54) is 180 Å². The average molecular weight is 1580 g/mol. The van der Waals surface area contributed by atoms with Crippen molar-refractivity contribution in [1.29, 1.82) is 0 Å². The fourth-order valence-corrected chi connectivity index (χ4v) is 16.5. The zero-order valence-electron chi connectivity index (χ0n) is 71.7. The summed E-state index contributed by atoms with van der Waals surface area (Å²) in [6.45, 7) is 10.6. The molecule has 6 aromatic carbocycles. The maximum absolute atomic E-state index is 15.4. The second kappa shape index (κ2) is 60.4. The third kappa shape index (κ3) is 38.2. The van der Waals surface area contributed by atoms with E-state index in [0.29, 0.717) is 0 Å². The van der Waals surface area contributed by atoms with Gasteiger partial charge in [0.15, 0.2) is 12.6 Å². The van der Waals surface area contributed by atoms with Crippen LogP contribution in [0.2, 0.25) is 0 Å². The Kier molecular flexibility index (Phi) is 49.6. The minimum absolute atomic E-state index is 0.0321.